The van der Waals surface area contributed by atoms with E-state index in [0.717, 1.165) is 22.3 Å². The van der Waals surface area contributed by atoms with Crippen LogP contribution in [-0.4, -0.2) is 17.1 Å². The molecule has 1 saturated heterocycles. The summed E-state index contributed by atoms with van der Waals surface area (Å²) in [7, 11) is 0. The summed E-state index contributed by atoms with van der Waals surface area (Å²) in [6, 6.07) is 27.1. The Labute approximate surface area is 204 Å². The molecule has 5 nitrogen and oxygen atoms in total. The second-order valence-corrected chi connectivity index (χ2v) is 9.46. The molecule has 0 spiro atoms. The molecule has 1 heterocycles. The van der Waals surface area contributed by atoms with E-state index in [1.807, 2.05) is 86.6 Å². The quantitative estimate of drug-likeness (QED) is 0.407. The average molecular weight is 468 g/mol. The van der Waals surface area contributed by atoms with Gasteiger partial charge in [-0.05, 0) is 43.5 Å². The van der Waals surface area contributed by atoms with Crippen molar-refractivity contribution in [2.24, 2.45) is 0 Å². The Balaban J connectivity index is 1.67. The van der Waals surface area contributed by atoms with Crippen molar-refractivity contribution in [2.45, 2.75) is 32.1 Å². The number of aryl methyl sites for hydroxylation is 2. The summed E-state index contributed by atoms with van der Waals surface area (Å²) in [4.78, 5) is 28.1. The van der Waals surface area contributed by atoms with E-state index in [-0.39, 0.29) is 11.5 Å². The third kappa shape index (κ3) is 5.22. The van der Waals surface area contributed by atoms with E-state index < -0.39 is 11.2 Å². The predicted molar refractivity (Wildman–Crippen MR) is 136 cm³/mol. The third-order valence-electron chi connectivity index (χ3n) is 5.60. The Kier molecular flexibility index (Phi) is 7.15. The lowest BCUT2D eigenvalue weighted by atomic mass is 10.1. The van der Waals surface area contributed by atoms with Gasteiger partial charge in [0.2, 0.25) is 5.91 Å². The van der Waals surface area contributed by atoms with Crippen LogP contribution in [0.2, 0.25) is 0 Å². The first-order chi connectivity index (χ1) is 16.5. The van der Waals surface area contributed by atoms with Crippen LogP contribution in [0.15, 0.2) is 89.5 Å². The summed E-state index contributed by atoms with van der Waals surface area (Å²) in [5.74, 6) is -0.621. The number of amides is 2. The SMILES string of the molecule is Cc1ccc(N2C(=O)[C@@H](Cc3cccc(C)c3)S/C2=C(\C#N)C(=O)NCc2ccccc2)cc1. The lowest BCUT2D eigenvalue weighted by Gasteiger charge is -2.19. The third-order valence-corrected chi connectivity index (χ3v) is 6.86. The van der Waals surface area contributed by atoms with Crippen LogP contribution >= 0.6 is 11.8 Å². The maximum atomic E-state index is 13.5. The van der Waals surface area contributed by atoms with E-state index in [2.05, 4.69) is 17.5 Å². The zero-order valence-corrected chi connectivity index (χ0v) is 19.9. The first-order valence-electron chi connectivity index (χ1n) is 11.1. The van der Waals surface area contributed by atoms with Gasteiger partial charge in [-0.25, -0.2) is 0 Å². The van der Waals surface area contributed by atoms with E-state index in [4.69, 9.17) is 0 Å². The fourth-order valence-corrected chi connectivity index (χ4v) is 5.14. The molecule has 0 unspecified atom stereocenters. The predicted octanol–water partition coefficient (Wildman–Crippen LogP) is 5.05. The van der Waals surface area contributed by atoms with E-state index in [1.165, 1.54) is 16.7 Å². The number of hydrogen-bond donors (Lipinski definition) is 1. The topological polar surface area (TPSA) is 73.2 Å². The standard InChI is InChI=1S/C28H25N3O2S/c1-19-11-13-23(14-12-19)31-27(33)25(16-22-10-6-7-20(2)15-22)34-28(31)24(17-29)26(32)30-18-21-8-4-3-5-9-21/h3-15,25H,16,18H2,1-2H3,(H,30,32)/b28-24+/t25-/m1/s1. The first-order valence-corrected chi connectivity index (χ1v) is 11.9. The molecule has 34 heavy (non-hydrogen) atoms. The number of benzene rings is 3. The molecule has 1 aliphatic heterocycles. The molecule has 1 fully saturated rings. The molecule has 6 heteroatoms. The second-order valence-electron chi connectivity index (χ2n) is 8.27. The normalized spacial score (nSPS) is 16.8. The van der Waals surface area contributed by atoms with Gasteiger partial charge in [0, 0.05) is 12.2 Å². The van der Waals surface area contributed by atoms with Crippen LogP contribution in [0.1, 0.15) is 22.3 Å². The van der Waals surface area contributed by atoms with Crippen molar-refractivity contribution in [1.29, 1.82) is 5.26 Å². The van der Waals surface area contributed by atoms with Crippen molar-refractivity contribution >= 4 is 29.3 Å². The van der Waals surface area contributed by atoms with Crippen LogP contribution in [-0.2, 0) is 22.6 Å². The molecule has 3 aromatic carbocycles. The zero-order valence-electron chi connectivity index (χ0n) is 19.1. The highest BCUT2D eigenvalue weighted by atomic mass is 32.2. The van der Waals surface area contributed by atoms with Crippen molar-refractivity contribution in [3.8, 4) is 6.07 Å². The maximum Gasteiger partial charge on any atom is 0.264 e. The number of nitrogens with zero attached hydrogens (tertiary/aromatic N) is 2. The van der Waals surface area contributed by atoms with Crippen LogP contribution < -0.4 is 10.2 Å². The number of rotatable bonds is 6. The van der Waals surface area contributed by atoms with E-state index in [0.29, 0.717) is 23.7 Å². The lowest BCUT2D eigenvalue weighted by Crippen LogP contribution is -2.32. The summed E-state index contributed by atoms with van der Waals surface area (Å²) < 4.78 is 0. The smallest absolute Gasteiger partial charge is 0.264 e. The molecule has 1 aliphatic rings. The minimum atomic E-state index is -0.491. The number of nitrogens with one attached hydrogen (secondary N) is 1. The van der Waals surface area contributed by atoms with Crippen molar-refractivity contribution in [3.05, 3.63) is 112 Å². The molecule has 0 radical (unpaired) electrons. The fourth-order valence-electron chi connectivity index (χ4n) is 3.84. The molecule has 0 bridgehead atoms. The van der Waals surface area contributed by atoms with E-state index >= 15 is 0 Å². The molecule has 4 rings (SSSR count). The van der Waals surface area contributed by atoms with Crippen LogP contribution in [0.4, 0.5) is 5.69 Å². The maximum absolute atomic E-state index is 13.5. The number of thioether (sulfide) groups is 1. The minimum Gasteiger partial charge on any atom is -0.347 e. The molecule has 170 valence electrons. The summed E-state index contributed by atoms with van der Waals surface area (Å²) in [6.45, 7) is 4.29. The van der Waals surface area contributed by atoms with Gasteiger partial charge < -0.3 is 5.32 Å². The Morgan fingerprint density at radius 3 is 2.35 bits per heavy atom. The van der Waals surface area contributed by atoms with Gasteiger partial charge in [0.25, 0.3) is 5.91 Å². The first kappa shape index (κ1) is 23.3. The highest BCUT2D eigenvalue weighted by Gasteiger charge is 2.40. The van der Waals surface area contributed by atoms with E-state index in [1.54, 1.807) is 0 Å². The van der Waals surface area contributed by atoms with Crippen molar-refractivity contribution in [1.82, 2.24) is 5.32 Å². The van der Waals surface area contributed by atoms with E-state index in [9.17, 15) is 14.9 Å². The fraction of sp³-hybridized carbons (Fsp3) is 0.179. The van der Waals surface area contributed by atoms with Gasteiger partial charge >= 0.3 is 0 Å². The Morgan fingerprint density at radius 2 is 1.68 bits per heavy atom. The molecule has 2 amide bonds. The van der Waals surface area contributed by atoms with Crippen molar-refractivity contribution in [3.63, 3.8) is 0 Å². The molecule has 0 saturated carbocycles. The van der Waals surface area contributed by atoms with Crippen LogP contribution in [0.5, 0.6) is 0 Å². The Morgan fingerprint density at radius 1 is 0.971 bits per heavy atom. The minimum absolute atomic E-state index is 0.0541. The highest BCUT2D eigenvalue weighted by molar-refractivity contribution is 8.05. The number of nitriles is 1. The van der Waals surface area contributed by atoms with Gasteiger partial charge in [-0.1, -0.05) is 89.6 Å². The summed E-state index contributed by atoms with van der Waals surface area (Å²) in [5, 5.41) is 12.7. The van der Waals surface area contributed by atoms with Gasteiger partial charge in [0.1, 0.15) is 16.7 Å². The molecular formula is C28H25N3O2S. The zero-order chi connectivity index (χ0) is 24.1. The van der Waals surface area contributed by atoms with Gasteiger partial charge in [-0.15, -0.1) is 0 Å². The summed E-state index contributed by atoms with van der Waals surface area (Å²) in [6.07, 6.45) is 0.515. The van der Waals surface area contributed by atoms with Crippen molar-refractivity contribution in [2.75, 3.05) is 4.90 Å². The largest absolute Gasteiger partial charge is 0.347 e. The molecule has 1 atom stereocenters. The molecule has 1 N–H and O–H groups in total. The number of anilines is 1. The van der Waals surface area contributed by atoms with Gasteiger partial charge in [-0.2, -0.15) is 5.26 Å². The Hall–Kier alpha value is -3.82. The number of carbonyl (C=O) groups is 2. The molecular weight excluding hydrogens is 442 g/mol. The lowest BCUT2D eigenvalue weighted by molar-refractivity contribution is -0.117. The molecule has 0 aliphatic carbocycles. The highest BCUT2D eigenvalue weighted by Crippen LogP contribution is 2.42. The number of carbonyl (C=O) groups excluding carboxylic acids is 2. The summed E-state index contributed by atoms with van der Waals surface area (Å²) >= 11 is 1.28. The van der Waals surface area contributed by atoms with Crippen LogP contribution in [0, 0.1) is 25.2 Å². The van der Waals surface area contributed by atoms with Crippen LogP contribution in [0.25, 0.3) is 0 Å². The van der Waals surface area contributed by atoms with Gasteiger partial charge in [0.05, 0.1) is 5.25 Å². The molecule has 0 aromatic heterocycles. The summed E-state index contributed by atoms with van der Waals surface area (Å²) in [5.41, 5.74) is 4.75. The van der Waals surface area contributed by atoms with Gasteiger partial charge in [0.15, 0.2) is 0 Å². The molecule has 3 aromatic rings. The second kappa shape index (κ2) is 10.4. The van der Waals surface area contributed by atoms with Gasteiger partial charge in [-0.3, -0.25) is 14.5 Å². The average Bonchev–Trinajstić information content (AvgIpc) is 3.15. The van der Waals surface area contributed by atoms with Crippen molar-refractivity contribution < 1.29 is 9.59 Å². The Bertz CT molecular complexity index is 1280. The monoisotopic (exact) mass is 467 g/mol. The number of hydrogen-bond acceptors (Lipinski definition) is 4. The van der Waals surface area contributed by atoms with Crippen LogP contribution in [0.3, 0.4) is 0 Å².